The number of aromatic nitrogens is 1. The van der Waals surface area contributed by atoms with Gasteiger partial charge in [-0.05, 0) is 34.1 Å². The predicted molar refractivity (Wildman–Crippen MR) is 75.8 cm³/mol. The van der Waals surface area contributed by atoms with Crippen molar-refractivity contribution in [1.29, 1.82) is 0 Å². The van der Waals surface area contributed by atoms with Crippen molar-refractivity contribution in [2.24, 2.45) is 0 Å². The average molecular weight is 342 g/mol. The molecule has 1 heterocycles. The number of benzene rings is 1. The maximum atomic E-state index is 13.1. The molecule has 0 aliphatic carbocycles. The SMILES string of the molecule is CNc1ncc(Br)cc1C(=O)Nc1cc(F)cc(F)c1. The van der Waals surface area contributed by atoms with Gasteiger partial charge in [-0.3, -0.25) is 4.79 Å². The Kier molecular flexibility index (Phi) is 4.29. The van der Waals surface area contributed by atoms with Crippen LogP contribution in [0.15, 0.2) is 34.9 Å². The number of nitrogens with zero attached hydrogens (tertiary/aromatic N) is 1. The molecule has 1 amide bonds. The molecule has 0 aliphatic rings. The van der Waals surface area contributed by atoms with Crippen molar-refractivity contribution >= 4 is 33.3 Å². The van der Waals surface area contributed by atoms with Crippen LogP contribution in [-0.4, -0.2) is 17.9 Å². The number of halogens is 3. The molecule has 0 aliphatic heterocycles. The maximum Gasteiger partial charge on any atom is 0.259 e. The van der Waals surface area contributed by atoms with Gasteiger partial charge in [-0.25, -0.2) is 13.8 Å². The van der Waals surface area contributed by atoms with Crippen molar-refractivity contribution in [3.63, 3.8) is 0 Å². The van der Waals surface area contributed by atoms with Gasteiger partial charge >= 0.3 is 0 Å². The van der Waals surface area contributed by atoms with Gasteiger partial charge in [-0.2, -0.15) is 0 Å². The molecule has 104 valence electrons. The van der Waals surface area contributed by atoms with E-state index in [9.17, 15) is 13.6 Å². The maximum absolute atomic E-state index is 13.1. The van der Waals surface area contributed by atoms with Crippen molar-refractivity contribution < 1.29 is 13.6 Å². The van der Waals surface area contributed by atoms with E-state index in [0.29, 0.717) is 10.3 Å². The Morgan fingerprint density at radius 2 is 1.85 bits per heavy atom. The first-order valence-electron chi connectivity index (χ1n) is 5.60. The summed E-state index contributed by atoms with van der Waals surface area (Å²) in [5.74, 6) is -1.68. The number of nitrogens with one attached hydrogen (secondary N) is 2. The molecule has 0 bridgehead atoms. The number of pyridine rings is 1. The zero-order valence-electron chi connectivity index (χ0n) is 10.4. The van der Waals surface area contributed by atoms with Crippen LogP contribution in [0.1, 0.15) is 10.4 Å². The molecule has 0 radical (unpaired) electrons. The summed E-state index contributed by atoms with van der Waals surface area (Å²) in [4.78, 5) is 16.1. The highest BCUT2D eigenvalue weighted by Crippen LogP contribution is 2.20. The van der Waals surface area contributed by atoms with E-state index < -0.39 is 17.5 Å². The Balaban J connectivity index is 2.30. The van der Waals surface area contributed by atoms with Gasteiger partial charge in [-0.1, -0.05) is 0 Å². The quantitative estimate of drug-likeness (QED) is 0.899. The molecule has 7 heteroatoms. The lowest BCUT2D eigenvalue weighted by atomic mass is 10.2. The van der Waals surface area contributed by atoms with Crippen molar-refractivity contribution in [3.8, 4) is 0 Å². The Bertz CT molecular complexity index is 644. The van der Waals surface area contributed by atoms with Gasteiger partial charge in [0.25, 0.3) is 5.91 Å². The van der Waals surface area contributed by atoms with Gasteiger partial charge in [-0.15, -0.1) is 0 Å². The van der Waals surface area contributed by atoms with E-state index in [4.69, 9.17) is 0 Å². The summed E-state index contributed by atoms with van der Waals surface area (Å²) in [7, 11) is 1.62. The van der Waals surface area contributed by atoms with Gasteiger partial charge in [0.15, 0.2) is 0 Å². The number of anilines is 2. The van der Waals surface area contributed by atoms with E-state index >= 15 is 0 Å². The summed E-state index contributed by atoms with van der Waals surface area (Å²) < 4.78 is 26.8. The first-order valence-corrected chi connectivity index (χ1v) is 6.39. The normalized spacial score (nSPS) is 10.2. The number of carbonyl (C=O) groups is 1. The monoisotopic (exact) mass is 341 g/mol. The molecule has 0 atom stereocenters. The predicted octanol–water partition coefficient (Wildman–Crippen LogP) is 3.42. The molecule has 2 aromatic rings. The molecular weight excluding hydrogens is 332 g/mol. The standard InChI is InChI=1S/C13H10BrF2N3O/c1-17-12-11(2-7(14)6-18-12)13(20)19-10-4-8(15)3-9(16)5-10/h2-6H,1H3,(H,17,18)(H,19,20). The van der Waals surface area contributed by atoms with Crippen LogP contribution in [0.25, 0.3) is 0 Å². The highest BCUT2D eigenvalue weighted by Gasteiger charge is 2.13. The number of carbonyl (C=O) groups excluding carboxylic acids is 1. The number of hydrogen-bond acceptors (Lipinski definition) is 3. The van der Waals surface area contributed by atoms with Crippen molar-refractivity contribution in [2.45, 2.75) is 0 Å². The van der Waals surface area contributed by atoms with Crippen LogP contribution in [-0.2, 0) is 0 Å². The van der Waals surface area contributed by atoms with Crippen LogP contribution in [0.4, 0.5) is 20.3 Å². The fraction of sp³-hybridized carbons (Fsp3) is 0.0769. The van der Waals surface area contributed by atoms with Crippen LogP contribution in [0.2, 0.25) is 0 Å². The Morgan fingerprint density at radius 1 is 1.20 bits per heavy atom. The molecule has 0 saturated heterocycles. The lowest BCUT2D eigenvalue weighted by Gasteiger charge is -2.09. The highest BCUT2D eigenvalue weighted by molar-refractivity contribution is 9.10. The Morgan fingerprint density at radius 3 is 2.45 bits per heavy atom. The van der Waals surface area contributed by atoms with Gasteiger partial charge in [0.2, 0.25) is 0 Å². The molecule has 0 spiro atoms. The second-order valence-electron chi connectivity index (χ2n) is 3.91. The Labute approximate surface area is 122 Å². The average Bonchev–Trinajstić information content (AvgIpc) is 2.37. The molecule has 20 heavy (non-hydrogen) atoms. The molecular formula is C13H10BrF2N3O. The van der Waals surface area contributed by atoms with Crippen molar-refractivity contribution in [2.75, 3.05) is 17.7 Å². The van der Waals surface area contributed by atoms with Gasteiger partial charge in [0.1, 0.15) is 17.5 Å². The topological polar surface area (TPSA) is 54.0 Å². The molecule has 2 N–H and O–H groups in total. The van der Waals surface area contributed by atoms with Gasteiger partial charge in [0.05, 0.1) is 5.56 Å². The lowest BCUT2D eigenvalue weighted by molar-refractivity contribution is 0.102. The van der Waals surface area contributed by atoms with Crippen LogP contribution < -0.4 is 10.6 Å². The van der Waals surface area contributed by atoms with E-state index in [1.54, 1.807) is 13.1 Å². The second kappa shape index (κ2) is 5.96. The minimum absolute atomic E-state index is 0.0366. The van der Waals surface area contributed by atoms with E-state index in [2.05, 4.69) is 31.5 Å². The van der Waals surface area contributed by atoms with Crippen LogP contribution in [0.5, 0.6) is 0 Å². The lowest BCUT2D eigenvalue weighted by Crippen LogP contribution is -2.15. The third-order valence-corrected chi connectivity index (χ3v) is 2.89. The summed E-state index contributed by atoms with van der Waals surface area (Å²) >= 11 is 3.21. The fourth-order valence-electron chi connectivity index (χ4n) is 1.64. The van der Waals surface area contributed by atoms with Gasteiger partial charge in [0, 0.05) is 29.5 Å². The summed E-state index contributed by atoms with van der Waals surface area (Å²) in [6, 6.07) is 4.36. The first-order chi connectivity index (χ1) is 9.49. The van der Waals surface area contributed by atoms with E-state index in [1.807, 2.05) is 0 Å². The summed E-state index contributed by atoms with van der Waals surface area (Å²) in [6.07, 6.45) is 1.53. The minimum atomic E-state index is -0.762. The minimum Gasteiger partial charge on any atom is -0.372 e. The van der Waals surface area contributed by atoms with Crippen LogP contribution in [0, 0.1) is 11.6 Å². The summed E-state index contributed by atoms with van der Waals surface area (Å²) in [5.41, 5.74) is 0.293. The molecule has 1 aromatic heterocycles. The third-order valence-electron chi connectivity index (χ3n) is 2.46. The number of amides is 1. The summed E-state index contributed by atoms with van der Waals surface area (Å²) in [5, 5.41) is 5.19. The molecule has 2 rings (SSSR count). The number of hydrogen-bond donors (Lipinski definition) is 2. The fourth-order valence-corrected chi connectivity index (χ4v) is 1.97. The molecule has 0 saturated carbocycles. The molecule has 4 nitrogen and oxygen atoms in total. The largest absolute Gasteiger partial charge is 0.372 e. The molecule has 0 unspecified atom stereocenters. The first kappa shape index (κ1) is 14.4. The molecule has 1 aromatic carbocycles. The zero-order chi connectivity index (χ0) is 14.7. The summed E-state index contributed by atoms with van der Waals surface area (Å²) in [6.45, 7) is 0. The second-order valence-corrected chi connectivity index (χ2v) is 4.83. The van der Waals surface area contributed by atoms with E-state index in [-0.39, 0.29) is 11.3 Å². The smallest absolute Gasteiger partial charge is 0.259 e. The Hall–Kier alpha value is -2.02. The zero-order valence-corrected chi connectivity index (χ0v) is 12.0. The third kappa shape index (κ3) is 3.30. The van der Waals surface area contributed by atoms with Crippen molar-refractivity contribution in [1.82, 2.24) is 4.98 Å². The number of rotatable bonds is 3. The van der Waals surface area contributed by atoms with E-state index in [1.165, 1.54) is 6.20 Å². The van der Waals surface area contributed by atoms with Crippen LogP contribution >= 0.6 is 15.9 Å². The van der Waals surface area contributed by atoms with Crippen molar-refractivity contribution in [3.05, 3.63) is 52.1 Å². The van der Waals surface area contributed by atoms with E-state index in [0.717, 1.165) is 18.2 Å². The van der Waals surface area contributed by atoms with Gasteiger partial charge < -0.3 is 10.6 Å². The van der Waals surface area contributed by atoms with Crippen LogP contribution in [0.3, 0.4) is 0 Å². The molecule has 0 fully saturated rings. The highest BCUT2D eigenvalue weighted by atomic mass is 79.9.